The predicted molar refractivity (Wildman–Crippen MR) is 138 cm³/mol. The van der Waals surface area contributed by atoms with E-state index >= 15 is 0 Å². The van der Waals surface area contributed by atoms with Crippen LogP contribution in [-0.2, 0) is 29.8 Å². The third-order valence-electron chi connectivity index (χ3n) is 8.33. The van der Waals surface area contributed by atoms with Crippen molar-refractivity contribution in [2.45, 2.75) is 79.3 Å². The molecule has 4 saturated carbocycles. The van der Waals surface area contributed by atoms with Gasteiger partial charge in [-0.05, 0) is 99.3 Å². The molecular weight excluding hydrogens is 638 g/mol. The molecule has 0 aromatic heterocycles. The van der Waals surface area contributed by atoms with Gasteiger partial charge in [-0.3, -0.25) is 9.35 Å². The van der Waals surface area contributed by atoms with Gasteiger partial charge in [-0.25, -0.2) is 0 Å². The number of ether oxygens (including phenoxy) is 1. The molecule has 4 fully saturated rings. The molecular formula is C25H30F6O8S3. The van der Waals surface area contributed by atoms with Gasteiger partial charge in [-0.1, -0.05) is 0 Å². The molecule has 0 aliphatic heterocycles. The highest BCUT2D eigenvalue weighted by molar-refractivity contribution is 7.99. The number of esters is 1. The number of alkyl halides is 6. The number of hydrogen-bond donors (Lipinski definition) is 1. The molecule has 0 heterocycles. The van der Waals surface area contributed by atoms with Gasteiger partial charge in [0.25, 0.3) is 0 Å². The van der Waals surface area contributed by atoms with Gasteiger partial charge >= 0.3 is 42.6 Å². The predicted octanol–water partition coefficient (Wildman–Crippen LogP) is 5.98. The van der Waals surface area contributed by atoms with Crippen LogP contribution in [0.15, 0.2) is 29.2 Å². The molecule has 4 bridgehead atoms. The van der Waals surface area contributed by atoms with E-state index in [1.165, 1.54) is 32.1 Å². The summed E-state index contributed by atoms with van der Waals surface area (Å²) in [5.41, 5.74) is 0. The fraction of sp³-hybridized carbons (Fsp3) is 0.720. The second-order valence-electron chi connectivity index (χ2n) is 11.3. The Morgan fingerprint density at radius 1 is 0.929 bits per heavy atom. The van der Waals surface area contributed by atoms with Gasteiger partial charge in [-0.2, -0.15) is 43.2 Å². The maximum absolute atomic E-state index is 13.9. The minimum Gasteiger partial charge on any atom is -0.463 e. The third-order valence-corrected chi connectivity index (χ3v) is 11.5. The molecule has 17 heteroatoms. The fourth-order valence-corrected chi connectivity index (χ4v) is 8.91. The summed E-state index contributed by atoms with van der Waals surface area (Å²) in [4.78, 5) is 12.7. The minimum absolute atomic E-state index is 0.0343. The van der Waals surface area contributed by atoms with Gasteiger partial charge in [0.15, 0.2) is 0 Å². The second-order valence-corrected chi connectivity index (χ2v) is 15.5. The van der Waals surface area contributed by atoms with Crippen LogP contribution < -0.4 is 4.18 Å². The van der Waals surface area contributed by atoms with Crippen LogP contribution in [0.25, 0.3) is 0 Å². The molecule has 0 radical (unpaired) electrons. The van der Waals surface area contributed by atoms with Crippen molar-refractivity contribution >= 4 is 38.0 Å². The molecule has 1 N–H and O–H groups in total. The summed E-state index contributed by atoms with van der Waals surface area (Å²) in [6, 6.07) is 3.80. The first-order chi connectivity index (χ1) is 19.2. The molecule has 0 spiro atoms. The molecule has 238 valence electrons. The lowest BCUT2D eigenvalue weighted by Crippen LogP contribution is -2.61. The Balaban J connectivity index is 1.25. The zero-order valence-corrected chi connectivity index (χ0v) is 24.7. The van der Waals surface area contributed by atoms with Gasteiger partial charge in [0.2, 0.25) is 0 Å². The van der Waals surface area contributed by atoms with E-state index in [4.69, 9.17) is 9.29 Å². The Hall–Kier alpha value is -1.72. The highest BCUT2D eigenvalue weighted by atomic mass is 32.2. The van der Waals surface area contributed by atoms with E-state index < -0.39 is 48.4 Å². The van der Waals surface area contributed by atoms with Gasteiger partial charge in [0.05, 0.1) is 12.5 Å². The van der Waals surface area contributed by atoms with Crippen LogP contribution in [0.1, 0.15) is 51.9 Å². The summed E-state index contributed by atoms with van der Waals surface area (Å²) in [7, 11) is -14.0. The molecule has 0 amide bonds. The molecule has 1 unspecified atom stereocenters. The molecule has 1 atom stereocenters. The number of benzene rings is 1. The van der Waals surface area contributed by atoms with E-state index in [0.29, 0.717) is 22.6 Å². The molecule has 1 aromatic rings. The van der Waals surface area contributed by atoms with E-state index in [2.05, 4.69) is 4.18 Å². The SMILES string of the molecule is CC(CC1C2CC3CC(C2)CC1C3)OC(=O)CCSc1ccc(OS(=O)(=O)C(F)(F)C(F)(F)C(F)(F)S(=O)(=O)O)cc1. The summed E-state index contributed by atoms with van der Waals surface area (Å²) >= 11 is 1.11. The zero-order chi connectivity index (χ0) is 31.3. The third kappa shape index (κ3) is 6.39. The molecule has 4 aliphatic rings. The second kappa shape index (κ2) is 11.7. The maximum atomic E-state index is 13.9. The highest BCUT2D eigenvalue weighted by Crippen LogP contribution is 2.57. The van der Waals surface area contributed by atoms with Gasteiger partial charge in [0.1, 0.15) is 5.75 Å². The van der Waals surface area contributed by atoms with E-state index in [1.807, 2.05) is 6.92 Å². The molecule has 0 saturated heterocycles. The number of halogens is 6. The summed E-state index contributed by atoms with van der Waals surface area (Å²) in [5, 5.41) is -13.6. The summed E-state index contributed by atoms with van der Waals surface area (Å²) < 4.78 is 144. The summed E-state index contributed by atoms with van der Waals surface area (Å²) in [6.07, 6.45) is 7.06. The van der Waals surface area contributed by atoms with Crippen molar-refractivity contribution in [1.82, 2.24) is 0 Å². The Bertz CT molecular complexity index is 1340. The normalized spacial score (nSPS) is 27.1. The average Bonchev–Trinajstić information content (AvgIpc) is 2.85. The van der Waals surface area contributed by atoms with Crippen molar-refractivity contribution in [1.29, 1.82) is 0 Å². The Morgan fingerprint density at radius 3 is 1.95 bits per heavy atom. The van der Waals surface area contributed by atoms with E-state index in [0.717, 1.165) is 54.3 Å². The topological polar surface area (TPSA) is 124 Å². The van der Waals surface area contributed by atoms with Gasteiger partial charge in [-0.15, -0.1) is 11.8 Å². The summed E-state index contributed by atoms with van der Waals surface area (Å²) in [5.74, 6) is -4.55. The lowest BCUT2D eigenvalue weighted by atomic mass is 9.51. The molecule has 42 heavy (non-hydrogen) atoms. The maximum Gasteiger partial charge on any atom is 0.450 e. The van der Waals surface area contributed by atoms with Crippen molar-refractivity contribution in [3.63, 3.8) is 0 Å². The van der Waals surface area contributed by atoms with Crippen LogP contribution in [0.3, 0.4) is 0 Å². The van der Waals surface area contributed by atoms with Crippen molar-refractivity contribution in [2.24, 2.45) is 29.6 Å². The van der Waals surface area contributed by atoms with Crippen LogP contribution in [0.5, 0.6) is 5.75 Å². The van der Waals surface area contributed by atoms with E-state index in [9.17, 15) is 48.0 Å². The summed E-state index contributed by atoms with van der Waals surface area (Å²) in [6.45, 7) is 1.88. The van der Waals surface area contributed by atoms with Crippen LogP contribution >= 0.6 is 11.8 Å². The molecule has 4 aliphatic carbocycles. The van der Waals surface area contributed by atoms with Crippen molar-refractivity contribution in [3.8, 4) is 5.75 Å². The first-order valence-electron chi connectivity index (χ1n) is 13.2. The number of carbonyl (C=O) groups excluding carboxylic acids is 1. The quantitative estimate of drug-likeness (QED) is 0.0889. The average molecular weight is 669 g/mol. The van der Waals surface area contributed by atoms with Crippen LogP contribution in [0, 0.1) is 29.6 Å². The lowest BCUT2D eigenvalue weighted by Gasteiger charge is -2.55. The Labute approximate surface area is 243 Å². The number of rotatable bonds is 13. The Kier molecular flexibility index (Phi) is 9.21. The van der Waals surface area contributed by atoms with Crippen molar-refractivity contribution in [3.05, 3.63) is 24.3 Å². The number of thioether (sulfide) groups is 1. The molecule has 1 aromatic carbocycles. The van der Waals surface area contributed by atoms with Gasteiger partial charge < -0.3 is 8.92 Å². The highest BCUT2D eigenvalue weighted by Gasteiger charge is 2.83. The molecule has 8 nitrogen and oxygen atoms in total. The number of carbonyl (C=O) groups is 1. The first kappa shape index (κ1) is 33.2. The smallest absolute Gasteiger partial charge is 0.450 e. The largest absolute Gasteiger partial charge is 0.463 e. The lowest BCUT2D eigenvalue weighted by molar-refractivity contribution is -0.247. The fourth-order valence-electron chi connectivity index (χ4n) is 6.65. The first-order valence-corrected chi connectivity index (χ1v) is 17.1. The Morgan fingerprint density at radius 2 is 1.45 bits per heavy atom. The standard InChI is InChI=1S/C25H30F6O8S3/c1-14(8-21-17-10-15-9-16(12-17)13-18(21)11-15)38-22(32)6-7-40-20-4-2-19(3-5-20)39-42(36,37)25(30,31)23(26,27)24(28,29)41(33,34)35/h2-5,14-18,21H,6-13H2,1H3,(H,33,34,35). The van der Waals surface area contributed by atoms with Gasteiger partial charge in [0, 0.05) is 10.6 Å². The molecule has 5 rings (SSSR count). The minimum atomic E-state index is -7.13. The van der Waals surface area contributed by atoms with Crippen molar-refractivity contribution < 1.29 is 61.4 Å². The van der Waals surface area contributed by atoms with E-state index in [-0.39, 0.29) is 18.3 Å². The van der Waals surface area contributed by atoms with Crippen LogP contribution in [0.4, 0.5) is 26.3 Å². The van der Waals surface area contributed by atoms with Crippen molar-refractivity contribution in [2.75, 3.05) is 5.75 Å². The monoisotopic (exact) mass is 668 g/mol. The van der Waals surface area contributed by atoms with Crippen LogP contribution in [0.2, 0.25) is 0 Å². The van der Waals surface area contributed by atoms with E-state index in [1.54, 1.807) is 0 Å². The number of hydrogen-bond acceptors (Lipinski definition) is 8. The zero-order valence-electron chi connectivity index (χ0n) is 22.2. The van der Waals surface area contributed by atoms with Crippen LogP contribution in [-0.4, -0.2) is 55.6 Å².